The van der Waals surface area contributed by atoms with Crippen molar-refractivity contribution in [2.75, 3.05) is 24.5 Å². The van der Waals surface area contributed by atoms with Gasteiger partial charge in [0.2, 0.25) is 0 Å². The highest BCUT2D eigenvalue weighted by Gasteiger charge is 2.35. The molecule has 0 bridgehead atoms. The molecule has 0 unspecified atom stereocenters. The quantitative estimate of drug-likeness (QED) is 0.730. The number of halogens is 1. The molecule has 2 N–H and O–H groups in total. The number of nitrogens with zero attached hydrogens (tertiary/aromatic N) is 2. The van der Waals surface area contributed by atoms with Crippen LogP contribution in [0.2, 0.25) is 0 Å². The Hall–Kier alpha value is -0.630. The number of hydrogen-bond acceptors (Lipinski definition) is 4. The van der Waals surface area contributed by atoms with Gasteiger partial charge in [-0.3, -0.25) is 4.79 Å². The third-order valence-electron chi connectivity index (χ3n) is 3.68. The van der Waals surface area contributed by atoms with Gasteiger partial charge in [-0.25, -0.2) is 4.98 Å². The first-order valence-corrected chi connectivity index (χ1v) is 7.05. The summed E-state index contributed by atoms with van der Waals surface area (Å²) in [6.07, 6.45) is 4.04. The summed E-state index contributed by atoms with van der Waals surface area (Å²) in [4.78, 5) is 20.7. The van der Waals surface area contributed by atoms with Gasteiger partial charge in [-0.2, -0.15) is 0 Å². The van der Waals surface area contributed by atoms with E-state index in [0.717, 1.165) is 25.5 Å². The molecule has 1 aromatic rings. The van der Waals surface area contributed by atoms with E-state index < -0.39 is 0 Å². The van der Waals surface area contributed by atoms with E-state index in [2.05, 4.69) is 42.8 Å². The molecule has 0 aromatic carbocycles. The van der Waals surface area contributed by atoms with Gasteiger partial charge in [-0.1, -0.05) is 0 Å². The van der Waals surface area contributed by atoms with Gasteiger partial charge in [0.05, 0.1) is 6.33 Å². The van der Waals surface area contributed by atoms with E-state index in [4.69, 9.17) is 0 Å². The maximum atomic E-state index is 11.6. The van der Waals surface area contributed by atoms with E-state index in [1.165, 1.54) is 19.2 Å². The van der Waals surface area contributed by atoms with Crippen LogP contribution >= 0.6 is 22.6 Å². The van der Waals surface area contributed by atoms with E-state index >= 15 is 0 Å². The summed E-state index contributed by atoms with van der Waals surface area (Å²) >= 11 is 2.08. The molecule has 0 radical (unpaired) electrons. The summed E-state index contributed by atoms with van der Waals surface area (Å²) in [6, 6.07) is 0.570. The fourth-order valence-corrected chi connectivity index (χ4v) is 3.45. The number of rotatable bonds is 1. The normalized spacial score (nSPS) is 28.2. The third kappa shape index (κ3) is 2.08. The minimum atomic E-state index is -0.0431. The standard InChI is InChI=1S/C11H15IN4O/c12-9-10(14-6-15-11(9)17)16-4-7-2-1-3-13-8(7)5-16/h6-8,13H,1-5H2,(H,14,15,17)/t7-,8+/m0/s1. The largest absolute Gasteiger partial charge is 0.354 e. The van der Waals surface area contributed by atoms with Crippen molar-refractivity contribution < 1.29 is 0 Å². The highest BCUT2D eigenvalue weighted by molar-refractivity contribution is 14.1. The molecule has 0 aliphatic carbocycles. The molecule has 3 heterocycles. The second-order valence-electron chi connectivity index (χ2n) is 4.74. The molecule has 17 heavy (non-hydrogen) atoms. The molecule has 3 rings (SSSR count). The Kier molecular flexibility index (Phi) is 3.08. The number of anilines is 1. The fourth-order valence-electron chi connectivity index (χ4n) is 2.81. The van der Waals surface area contributed by atoms with Crippen LogP contribution in [0.5, 0.6) is 0 Å². The monoisotopic (exact) mass is 346 g/mol. The molecule has 0 saturated carbocycles. The van der Waals surface area contributed by atoms with Gasteiger partial charge in [-0.05, 0) is 47.9 Å². The molecule has 2 saturated heterocycles. The molecule has 1 aromatic heterocycles. The lowest BCUT2D eigenvalue weighted by Crippen LogP contribution is -2.40. The van der Waals surface area contributed by atoms with Crippen LogP contribution in [-0.2, 0) is 0 Å². The van der Waals surface area contributed by atoms with Gasteiger partial charge in [-0.15, -0.1) is 0 Å². The number of piperidine rings is 1. The molecule has 2 fully saturated rings. The first kappa shape index (κ1) is 11.5. The molecular formula is C11H15IN4O. The zero-order valence-electron chi connectivity index (χ0n) is 9.45. The van der Waals surface area contributed by atoms with Crippen molar-refractivity contribution in [1.82, 2.24) is 15.3 Å². The molecule has 5 nitrogen and oxygen atoms in total. The fraction of sp³-hybridized carbons (Fsp3) is 0.636. The lowest BCUT2D eigenvalue weighted by molar-refractivity contribution is 0.340. The summed E-state index contributed by atoms with van der Waals surface area (Å²) < 4.78 is 0.698. The lowest BCUT2D eigenvalue weighted by atomic mass is 9.94. The maximum absolute atomic E-state index is 11.6. The summed E-state index contributed by atoms with van der Waals surface area (Å²) in [5.74, 6) is 1.55. The molecule has 2 aliphatic rings. The van der Waals surface area contributed by atoms with Gasteiger partial charge in [0, 0.05) is 19.1 Å². The zero-order chi connectivity index (χ0) is 11.8. The summed E-state index contributed by atoms with van der Waals surface area (Å²) in [5.41, 5.74) is -0.0431. The molecule has 2 aliphatic heterocycles. The Labute approximate surface area is 113 Å². The second-order valence-corrected chi connectivity index (χ2v) is 5.82. The van der Waals surface area contributed by atoms with Gasteiger partial charge in [0.1, 0.15) is 9.39 Å². The van der Waals surface area contributed by atoms with Crippen LogP contribution in [0.15, 0.2) is 11.1 Å². The Bertz CT molecular complexity index is 461. The van der Waals surface area contributed by atoms with Gasteiger partial charge in [0.25, 0.3) is 5.56 Å². The van der Waals surface area contributed by atoms with E-state index in [1.807, 2.05) is 0 Å². The van der Waals surface area contributed by atoms with E-state index in [-0.39, 0.29) is 5.56 Å². The van der Waals surface area contributed by atoms with Gasteiger partial charge in [0.15, 0.2) is 0 Å². The summed E-state index contributed by atoms with van der Waals surface area (Å²) in [5, 5.41) is 3.56. The number of hydrogen-bond donors (Lipinski definition) is 2. The number of nitrogens with one attached hydrogen (secondary N) is 2. The Morgan fingerprint density at radius 3 is 3.18 bits per heavy atom. The van der Waals surface area contributed by atoms with Crippen molar-refractivity contribution in [2.45, 2.75) is 18.9 Å². The number of aromatic nitrogens is 2. The van der Waals surface area contributed by atoms with Crippen molar-refractivity contribution in [1.29, 1.82) is 0 Å². The zero-order valence-corrected chi connectivity index (χ0v) is 11.6. The predicted molar refractivity (Wildman–Crippen MR) is 74.3 cm³/mol. The molecule has 2 atom stereocenters. The van der Waals surface area contributed by atoms with Crippen molar-refractivity contribution in [2.24, 2.45) is 5.92 Å². The van der Waals surface area contributed by atoms with Crippen LogP contribution in [0.1, 0.15) is 12.8 Å². The van der Waals surface area contributed by atoms with Gasteiger partial charge >= 0.3 is 0 Å². The predicted octanol–water partition coefficient (Wildman–Crippen LogP) is 0.563. The Balaban J connectivity index is 1.86. The van der Waals surface area contributed by atoms with Crippen LogP contribution in [-0.4, -0.2) is 35.6 Å². The van der Waals surface area contributed by atoms with Crippen LogP contribution in [0, 0.1) is 9.49 Å². The van der Waals surface area contributed by atoms with Crippen LogP contribution in [0.25, 0.3) is 0 Å². The van der Waals surface area contributed by atoms with Crippen molar-refractivity contribution in [3.05, 3.63) is 20.3 Å². The number of aromatic amines is 1. The van der Waals surface area contributed by atoms with E-state index in [1.54, 1.807) is 0 Å². The van der Waals surface area contributed by atoms with Crippen molar-refractivity contribution in [3.63, 3.8) is 0 Å². The van der Waals surface area contributed by atoms with Crippen LogP contribution in [0.3, 0.4) is 0 Å². The second kappa shape index (κ2) is 4.56. The van der Waals surface area contributed by atoms with Crippen molar-refractivity contribution >= 4 is 28.4 Å². The first-order valence-electron chi connectivity index (χ1n) is 5.97. The summed E-state index contributed by atoms with van der Waals surface area (Å²) in [7, 11) is 0. The van der Waals surface area contributed by atoms with Gasteiger partial charge < -0.3 is 15.2 Å². The first-order chi connectivity index (χ1) is 8.25. The van der Waals surface area contributed by atoms with Crippen LogP contribution in [0.4, 0.5) is 5.82 Å². The van der Waals surface area contributed by atoms with E-state index in [0.29, 0.717) is 15.5 Å². The van der Waals surface area contributed by atoms with Crippen molar-refractivity contribution in [3.8, 4) is 0 Å². The number of fused-ring (bicyclic) bond motifs is 1. The SMILES string of the molecule is O=c1[nH]cnc(N2C[C@@H]3CCCN[C@@H]3C2)c1I. The highest BCUT2D eigenvalue weighted by atomic mass is 127. The Morgan fingerprint density at radius 2 is 2.35 bits per heavy atom. The topological polar surface area (TPSA) is 61.0 Å². The smallest absolute Gasteiger partial charge is 0.266 e. The molecule has 0 spiro atoms. The minimum absolute atomic E-state index is 0.0431. The Morgan fingerprint density at radius 1 is 1.47 bits per heavy atom. The molecule has 6 heteroatoms. The van der Waals surface area contributed by atoms with Crippen LogP contribution < -0.4 is 15.8 Å². The molecular weight excluding hydrogens is 331 g/mol. The third-order valence-corrected chi connectivity index (χ3v) is 4.65. The molecule has 0 amide bonds. The highest BCUT2D eigenvalue weighted by Crippen LogP contribution is 2.29. The summed E-state index contributed by atoms with van der Waals surface area (Å²) in [6.45, 7) is 3.11. The minimum Gasteiger partial charge on any atom is -0.354 e. The maximum Gasteiger partial charge on any atom is 0.266 e. The average Bonchev–Trinajstić information content (AvgIpc) is 2.76. The van der Waals surface area contributed by atoms with E-state index in [9.17, 15) is 4.79 Å². The lowest BCUT2D eigenvalue weighted by Gasteiger charge is -2.24. The average molecular weight is 346 g/mol. The number of H-pyrrole nitrogens is 1. The molecule has 92 valence electrons.